The Kier molecular flexibility index (Phi) is 4.83. The molecule has 1 saturated heterocycles. The number of hydrogen-bond acceptors (Lipinski definition) is 3. The van der Waals surface area contributed by atoms with Crippen LogP contribution in [-0.4, -0.2) is 45.0 Å². The van der Waals surface area contributed by atoms with Crippen LogP contribution in [0.25, 0.3) is 0 Å². The summed E-state index contributed by atoms with van der Waals surface area (Å²) in [7, 11) is 1.78. The van der Waals surface area contributed by atoms with E-state index in [2.05, 4.69) is 10.3 Å². The fourth-order valence-corrected chi connectivity index (χ4v) is 2.91. The topological polar surface area (TPSA) is 67.2 Å². The van der Waals surface area contributed by atoms with E-state index in [1.165, 1.54) is 0 Å². The zero-order valence-corrected chi connectivity index (χ0v) is 14.1. The Labute approximate surface area is 145 Å². The lowest BCUT2D eigenvalue weighted by Gasteiger charge is -2.35. The van der Waals surface area contributed by atoms with E-state index in [0.717, 1.165) is 5.56 Å². The van der Waals surface area contributed by atoms with Crippen LogP contribution >= 0.6 is 0 Å². The molecule has 0 spiro atoms. The molecule has 3 rings (SSSR count). The lowest BCUT2D eigenvalue weighted by atomic mass is 9.92. The Morgan fingerprint density at radius 2 is 1.92 bits per heavy atom. The summed E-state index contributed by atoms with van der Waals surface area (Å²) in [5, 5.41) is 2.66. The molecule has 1 fully saturated rings. The van der Waals surface area contributed by atoms with Crippen molar-refractivity contribution in [1.29, 1.82) is 0 Å². The van der Waals surface area contributed by atoms with Gasteiger partial charge in [0.2, 0.25) is 0 Å². The molecule has 1 N–H and O–H groups in total. The quantitative estimate of drug-likeness (QED) is 0.918. The molecule has 0 unspecified atom stereocenters. The van der Waals surface area contributed by atoms with Crippen LogP contribution in [0.1, 0.15) is 28.9 Å². The molecule has 0 radical (unpaired) electrons. The van der Waals surface area contributed by atoms with Gasteiger partial charge in [0.25, 0.3) is 11.8 Å². The number of aryl methyl sites for hydroxylation is 1. The van der Waals surface area contributed by atoms with E-state index >= 15 is 0 Å². The minimum absolute atomic E-state index is 0.00774. The van der Waals surface area contributed by atoms with E-state index in [9.17, 15) is 14.0 Å². The van der Waals surface area contributed by atoms with Crippen molar-refractivity contribution in [2.75, 3.05) is 13.1 Å². The standard InChI is InChI=1S/C18H21FN4O2/c1-22-12-15(21-13-22)16(24)23-9-7-18(19,8-10-23)17(25)20-11-14-5-3-2-4-6-14/h2-6,12-13H,7-11H2,1H3,(H,20,25). The molecule has 1 aromatic carbocycles. The lowest BCUT2D eigenvalue weighted by Crippen LogP contribution is -2.52. The normalized spacial score (nSPS) is 16.5. The third-order valence-electron chi connectivity index (χ3n) is 4.47. The smallest absolute Gasteiger partial charge is 0.274 e. The van der Waals surface area contributed by atoms with Gasteiger partial charge in [0, 0.05) is 45.7 Å². The van der Waals surface area contributed by atoms with Crippen molar-refractivity contribution < 1.29 is 14.0 Å². The van der Waals surface area contributed by atoms with E-state index in [-0.39, 0.29) is 31.8 Å². The van der Waals surface area contributed by atoms with Crippen LogP contribution in [-0.2, 0) is 18.4 Å². The number of amides is 2. The minimum Gasteiger partial charge on any atom is -0.349 e. The number of imidazole rings is 1. The molecule has 0 atom stereocenters. The lowest BCUT2D eigenvalue weighted by molar-refractivity contribution is -0.135. The summed E-state index contributed by atoms with van der Waals surface area (Å²) < 4.78 is 16.6. The number of rotatable bonds is 4. The molecule has 132 valence electrons. The Morgan fingerprint density at radius 1 is 1.24 bits per heavy atom. The van der Waals surface area contributed by atoms with Gasteiger partial charge in [-0.2, -0.15) is 0 Å². The summed E-state index contributed by atoms with van der Waals surface area (Å²) in [4.78, 5) is 30.1. The molecular weight excluding hydrogens is 323 g/mol. The highest BCUT2D eigenvalue weighted by Crippen LogP contribution is 2.27. The van der Waals surface area contributed by atoms with Gasteiger partial charge >= 0.3 is 0 Å². The van der Waals surface area contributed by atoms with Crippen LogP contribution in [0.15, 0.2) is 42.9 Å². The Hall–Kier alpha value is -2.70. The third kappa shape index (κ3) is 3.87. The first-order chi connectivity index (χ1) is 12.0. The number of piperidine rings is 1. The fourth-order valence-electron chi connectivity index (χ4n) is 2.91. The minimum atomic E-state index is -1.93. The van der Waals surface area contributed by atoms with Crippen molar-refractivity contribution in [1.82, 2.24) is 19.8 Å². The zero-order chi connectivity index (χ0) is 17.9. The SMILES string of the molecule is Cn1cnc(C(=O)N2CCC(F)(C(=O)NCc3ccccc3)CC2)c1. The number of carbonyl (C=O) groups is 2. The van der Waals surface area contributed by atoms with E-state index < -0.39 is 11.6 Å². The number of aromatic nitrogens is 2. The first-order valence-corrected chi connectivity index (χ1v) is 8.26. The van der Waals surface area contributed by atoms with Crippen LogP contribution < -0.4 is 5.32 Å². The zero-order valence-electron chi connectivity index (χ0n) is 14.1. The number of carbonyl (C=O) groups excluding carboxylic acids is 2. The molecule has 0 aliphatic carbocycles. The van der Waals surface area contributed by atoms with Gasteiger partial charge in [0.15, 0.2) is 5.67 Å². The Morgan fingerprint density at radius 3 is 2.52 bits per heavy atom. The average Bonchev–Trinajstić information content (AvgIpc) is 3.07. The van der Waals surface area contributed by atoms with Gasteiger partial charge < -0.3 is 14.8 Å². The third-order valence-corrected chi connectivity index (χ3v) is 4.47. The van der Waals surface area contributed by atoms with Crippen LogP contribution in [0.4, 0.5) is 4.39 Å². The number of benzene rings is 1. The summed E-state index contributed by atoms with van der Waals surface area (Å²) >= 11 is 0. The maximum atomic E-state index is 14.9. The highest BCUT2D eigenvalue weighted by Gasteiger charge is 2.42. The molecule has 2 heterocycles. The molecule has 1 aliphatic rings. The Bertz CT molecular complexity index is 751. The van der Waals surface area contributed by atoms with Crippen molar-refractivity contribution in [2.24, 2.45) is 7.05 Å². The van der Waals surface area contributed by atoms with Crippen molar-refractivity contribution in [2.45, 2.75) is 25.1 Å². The molecule has 2 amide bonds. The summed E-state index contributed by atoms with van der Waals surface area (Å²) in [5.41, 5.74) is -0.681. The van der Waals surface area contributed by atoms with Crippen LogP contribution in [0.2, 0.25) is 0 Å². The Balaban J connectivity index is 1.54. The second-order valence-corrected chi connectivity index (χ2v) is 6.35. The molecular formula is C18H21FN4O2. The van der Waals surface area contributed by atoms with Crippen molar-refractivity contribution >= 4 is 11.8 Å². The maximum absolute atomic E-state index is 14.9. The highest BCUT2D eigenvalue weighted by atomic mass is 19.1. The summed E-state index contributed by atoms with van der Waals surface area (Å²) in [6, 6.07) is 9.37. The van der Waals surface area contributed by atoms with E-state index in [1.807, 2.05) is 30.3 Å². The number of nitrogens with zero attached hydrogens (tertiary/aromatic N) is 3. The monoisotopic (exact) mass is 344 g/mol. The van der Waals surface area contributed by atoms with Crippen molar-refractivity contribution in [3.8, 4) is 0 Å². The molecule has 25 heavy (non-hydrogen) atoms. The summed E-state index contributed by atoms with van der Waals surface area (Å²) in [6.07, 6.45) is 3.16. The van der Waals surface area contributed by atoms with E-state index in [1.54, 1.807) is 29.0 Å². The van der Waals surface area contributed by atoms with Crippen LogP contribution in [0.5, 0.6) is 0 Å². The number of alkyl halides is 1. The summed E-state index contributed by atoms with van der Waals surface area (Å²) in [6.45, 7) is 0.692. The number of nitrogens with one attached hydrogen (secondary N) is 1. The second kappa shape index (κ2) is 7.04. The molecule has 0 bridgehead atoms. The van der Waals surface area contributed by atoms with Gasteiger partial charge in [0.1, 0.15) is 5.69 Å². The highest BCUT2D eigenvalue weighted by molar-refractivity contribution is 5.92. The van der Waals surface area contributed by atoms with Crippen LogP contribution in [0, 0.1) is 0 Å². The van der Waals surface area contributed by atoms with Crippen molar-refractivity contribution in [3.63, 3.8) is 0 Å². The second-order valence-electron chi connectivity index (χ2n) is 6.35. The molecule has 0 saturated carbocycles. The molecule has 1 aromatic heterocycles. The average molecular weight is 344 g/mol. The van der Waals surface area contributed by atoms with Gasteiger partial charge in [-0.25, -0.2) is 9.37 Å². The molecule has 1 aliphatic heterocycles. The van der Waals surface area contributed by atoms with Gasteiger partial charge in [0.05, 0.1) is 6.33 Å². The number of likely N-dealkylation sites (tertiary alicyclic amines) is 1. The number of halogens is 1. The first-order valence-electron chi connectivity index (χ1n) is 8.26. The van der Waals surface area contributed by atoms with E-state index in [0.29, 0.717) is 12.2 Å². The van der Waals surface area contributed by atoms with Crippen molar-refractivity contribution in [3.05, 3.63) is 54.1 Å². The summed E-state index contributed by atoms with van der Waals surface area (Å²) in [5.74, 6) is -0.839. The molecule has 6 nitrogen and oxygen atoms in total. The van der Waals surface area contributed by atoms with E-state index in [4.69, 9.17) is 0 Å². The van der Waals surface area contributed by atoms with Gasteiger partial charge in [-0.15, -0.1) is 0 Å². The van der Waals surface area contributed by atoms with Crippen LogP contribution in [0.3, 0.4) is 0 Å². The largest absolute Gasteiger partial charge is 0.349 e. The fraction of sp³-hybridized carbons (Fsp3) is 0.389. The van der Waals surface area contributed by atoms with Gasteiger partial charge in [-0.3, -0.25) is 9.59 Å². The first kappa shape index (κ1) is 17.1. The molecule has 2 aromatic rings. The predicted molar refractivity (Wildman–Crippen MR) is 90.5 cm³/mol. The van der Waals surface area contributed by atoms with Gasteiger partial charge in [-0.1, -0.05) is 30.3 Å². The maximum Gasteiger partial charge on any atom is 0.274 e. The predicted octanol–water partition coefficient (Wildman–Crippen LogP) is 1.68. The van der Waals surface area contributed by atoms with Gasteiger partial charge in [-0.05, 0) is 5.56 Å². The molecule has 7 heteroatoms. The number of hydrogen-bond donors (Lipinski definition) is 1.